The standard InChI is InChI=1S/C20H18N2O3S2/c1-13(19-11-15-5-3-4-6-18(15)25-19)21-22-20(26)27-12-17(23)14-7-9-16(24-2)10-8-14/h3-11H,12H2,1-2H3,(H,22,26)/b21-13+. The van der Waals surface area contributed by atoms with Crippen LogP contribution in [0.4, 0.5) is 0 Å². The second kappa shape index (κ2) is 8.83. The lowest BCUT2D eigenvalue weighted by Gasteiger charge is -2.04. The van der Waals surface area contributed by atoms with Crippen molar-refractivity contribution in [3.63, 3.8) is 0 Å². The molecule has 3 rings (SSSR count). The molecule has 2 aromatic carbocycles. The van der Waals surface area contributed by atoms with Gasteiger partial charge in [-0.3, -0.25) is 10.2 Å². The molecule has 0 unspecified atom stereocenters. The third-order valence-electron chi connectivity index (χ3n) is 3.84. The first-order chi connectivity index (χ1) is 13.1. The number of carbonyl (C=O) groups is 1. The fourth-order valence-electron chi connectivity index (χ4n) is 2.37. The van der Waals surface area contributed by atoms with Crippen LogP contribution in [0.1, 0.15) is 23.0 Å². The summed E-state index contributed by atoms with van der Waals surface area (Å²) in [6.07, 6.45) is 0. The maximum atomic E-state index is 12.2. The van der Waals surface area contributed by atoms with Crippen LogP contribution in [-0.4, -0.2) is 28.7 Å². The van der Waals surface area contributed by atoms with Gasteiger partial charge in [0, 0.05) is 10.9 Å². The van der Waals surface area contributed by atoms with Crippen LogP contribution in [0.25, 0.3) is 11.0 Å². The highest BCUT2D eigenvalue weighted by Gasteiger charge is 2.09. The second-order valence-electron chi connectivity index (χ2n) is 5.69. The average molecular weight is 399 g/mol. The van der Waals surface area contributed by atoms with Crippen molar-refractivity contribution in [2.24, 2.45) is 5.10 Å². The van der Waals surface area contributed by atoms with E-state index in [4.69, 9.17) is 21.4 Å². The molecule has 1 N–H and O–H groups in total. The number of para-hydroxylation sites is 1. The second-order valence-corrected chi connectivity index (χ2v) is 7.34. The molecule has 0 radical (unpaired) electrons. The normalized spacial score (nSPS) is 11.4. The van der Waals surface area contributed by atoms with Crippen molar-refractivity contribution in [3.05, 3.63) is 65.9 Å². The maximum Gasteiger partial charge on any atom is 0.173 e. The van der Waals surface area contributed by atoms with Crippen LogP contribution in [-0.2, 0) is 0 Å². The lowest BCUT2D eigenvalue weighted by molar-refractivity contribution is 0.102. The van der Waals surface area contributed by atoms with E-state index < -0.39 is 0 Å². The molecule has 0 bridgehead atoms. The molecular formula is C20H18N2O3S2. The molecule has 138 valence electrons. The zero-order valence-electron chi connectivity index (χ0n) is 14.9. The van der Waals surface area contributed by atoms with Crippen LogP contribution in [0, 0.1) is 0 Å². The smallest absolute Gasteiger partial charge is 0.173 e. The minimum absolute atomic E-state index is 0.00945. The van der Waals surface area contributed by atoms with E-state index in [0.717, 1.165) is 11.0 Å². The van der Waals surface area contributed by atoms with E-state index in [0.29, 0.717) is 27.1 Å². The Morgan fingerprint density at radius 1 is 1.22 bits per heavy atom. The van der Waals surface area contributed by atoms with Gasteiger partial charge < -0.3 is 9.15 Å². The number of ether oxygens (including phenoxy) is 1. The Morgan fingerprint density at radius 2 is 1.96 bits per heavy atom. The third-order valence-corrected chi connectivity index (χ3v) is 5.05. The predicted molar refractivity (Wildman–Crippen MR) is 114 cm³/mol. The van der Waals surface area contributed by atoms with Gasteiger partial charge in [-0.1, -0.05) is 42.2 Å². The van der Waals surface area contributed by atoms with Gasteiger partial charge in [-0.25, -0.2) is 0 Å². The third kappa shape index (κ3) is 4.96. The van der Waals surface area contributed by atoms with Crippen molar-refractivity contribution in [2.45, 2.75) is 6.92 Å². The summed E-state index contributed by atoms with van der Waals surface area (Å²) in [5, 5.41) is 5.26. The monoisotopic (exact) mass is 398 g/mol. The fraction of sp³-hybridized carbons (Fsp3) is 0.150. The Bertz CT molecular complexity index is 961. The predicted octanol–water partition coefficient (Wildman–Crippen LogP) is 4.66. The van der Waals surface area contributed by atoms with Crippen LogP contribution in [0.5, 0.6) is 5.75 Å². The first-order valence-corrected chi connectivity index (χ1v) is 9.59. The van der Waals surface area contributed by atoms with E-state index >= 15 is 0 Å². The Kier molecular flexibility index (Phi) is 6.26. The highest BCUT2D eigenvalue weighted by Crippen LogP contribution is 2.19. The van der Waals surface area contributed by atoms with Gasteiger partial charge in [0.1, 0.15) is 17.0 Å². The molecule has 0 amide bonds. The molecule has 0 saturated heterocycles. The van der Waals surface area contributed by atoms with Crippen LogP contribution in [0.15, 0.2) is 64.1 Å². The van der Waals surface area contributed by atoms with E-state index in [1.165, 1.54) is 11.8 Å². The van der Waals surface area contributed by atoms with E-state index in [2.05, 4.69) is 10.5 Å². The van der Waals surface area contributed by atoms with Gasteiger partial charge in [0.2, 0.25) is 0 Å². The SMILES string of the molecule is COc1ccc(C(=O)CSC(=S)N/N=C(\C)c2cc3ccccc3o2)cc1. The number of thioether (sulfide) groups is 1. The summed E-state index contributed by atoms with van der Waals surface area (Å²) in [5.74, 6) is 1.61. The quantitative estimate of drug-likeness (QED) is 0.282. The number of Topliss-reactive ketones (excluding diaryl/α,β-unsaturated/α-hetero) is 1. The van der Waals surface area contributed by atoms with Gasteiger partial charge in [-0.2, -0.15) is 5.10 Å². The zero-order chi connectivity index (χ0) is 19.2. The van der Waals surface area contributed by atoms with Gasteiger partial charge in [-0.15, -0.1) is 0 Å². The number of rotatable bonds is 6. The number of furan rings is 1. The fourth-order valence-corrected chi connectivity index (χ4v) is 3.13. The number of benzene rings is 2. The topological polar surface area (TPSA) is 63.8 Å². The summed E-state index contributed by atoms with van der Waals surface area (Å²) < 4.78 is 11.3. The van der Waals surface area contributed by atoms with Crippen molar-refractivity contribution in [3.8, 4) is 5.75 Å². The molecule has 0 saturated carbocycles. The molecule has 0 atom stereocenters. The first-order valence-electron chi connectivity index (χ1n) is 8.20. The summed E-state index contributed by atoms with van der Waals surface area (Å²) in [6, 6.07) is 16.7. The summed E-state index contributed by atoms with van der Waals surface area (Å²) in [6.45, 7) is 1.83. The molecule has 0 aliphatic heterocycles. The molecule has 0 fully saturated rings. The summed E-state index contributed by atoms with van der Waals surface area (Å²) >= 11 is 6.47. The Balaban J connectivity index is 1.53. The van der Waals surface area contributed by atoms with Gasteiger partial charge in [0.25, 0.3) is 0 Å². The number of nitrogens with one attached hydrogen (secondary N) is 1. The summed E-state index contributed by atoms with van der Waals surface area (Å²) in [7, 11) is 1.59. The van der Waals surface area contributed by atoms with Gasteiger partial charge in [-0.05, 0) is 43.3 Å². The zero-order valence-corrected chi connectivity index (χ0v) is 16.5. The number of thiocarbonyl (C=S) groups is 1. The van der Waals surface area contributed by atoms with Crippen molar-refractivity contribution in [2.75, 3.05) is 12.9 Å². The lowest BCUT2D eigenvalue weighted by atomic mass is 10.1. The van der Waals surface area contributed by atoms with Crippen molar-refractivity contribution < 1.29 is 13.9 Å². The lowest BCUT2D eigenvalue weighted by Crippen LogP contribution is -2.16. The van der Waals surface area contributed by atoms with Crippen LogP contribution < -0.4 is 10.2 Å². The summed E-state index contributed by atoms with van der Waals surface area (Å²) in [4.78, 5) is 12.2. The molecule has 0 aliphatic carbocycles. The van der Waals surface area contributed by atoms with E-state index in [-0.39, 0.29) is 11.5 Å². The van der Waals surface area contributed by atoms with E-state index in [1.807, 2.05) is 37.3 Å². The highest BCUT2D eigenvalue weighted by atomic mass is 32.2. The molecule has 1 heterocycles. The number of fused-ring (bicyclic) bond motifs is 1. The van der Waals surface area contributed by atoms with Gasteiger partial charge in [0.15, 0.2) is 15.9 Å². The number of ketones is 1. The minimum atomic E-state index is -0.00945. The molecule has 1 aromatic heterocycles. The number of nitrogens with zero attached hydrogens (tertiary/aromatic N) is 1. The maximum absolute atomic E-state index is 12.2. The molecule has 5 nitrogen and oxygen atoms in total. The number of hydrogen-bond acceptors (Lipinski definition) is 6. The van der Waals surface area contributed by atoms with Crippen LogP contribution in [0.2, 0.25) is 0 Å². The molecule has 0 aliphatic rings. The number of hydrogen-bond donors (Lipinski definition) is 1. The van der Waals surface area contributed by atoms with Crippen molar-refractivity contribution >= 4 is 50.8 Å². The summed E-state index contributed by atoms with van der Waals surface area (Å²) in [5.41, 5.74) is 4.90. The molecule has 0 spiro atoms. The number of carbonyl (C=O) groups excluding carboxylic acids is 1. The first kappa shape index (κ1) is 19.1. The van der Waals surface area contributed by atoms with Crippen LogP contribution in [0.3, 0.4) is 0 Å². The number of methoxy groups -OCH3 is 1. The Morgan fingerprint density at radius 3 is 2.67 bits per heavy atom. The molecule has 27 heavy (non-hydrogen) atoms. The Labute approximate surface area is 166 Å². The average Bonchev–Trinajstić information content (AvgIpc) is 3.14. The number of hydrazone groups is 1. The highest BCUT2D eigenvalue weighted by molar-refractivity contribution is 8.23. The minimum Gasteiger partial charge on any atom is -0.497 e. The van der Waals surface area contributed by atoms with Crippen LogP contribution >= 0.6 is 24.0 Å². The van der Waals surface area contributed by atoms with Crippen molar-refractivity contribution in [1.82, 2.24) is 5.43 Å². The molecule has 3 aromatic rings. The van der Waals surface area contributed by atoms with E-state index in [1.54, 1.807) is 31.4 Å². The van der Waals surface area contributed by atoms with Crippen molar-refractivity contribution in [1.29, 1.82) is 0 Å². The van der Waals surface area contributed by atoms with E-state index in [9.17, 15) is 4.79 Å². The molecule has 7 heteroatoms. The molecular weight excluding hydrogens is 380 g/mol. The Hall–Kier alpha value is -2.64. The van der Waals surface area contributed by atoms with Gasteiger partial charge in [0.05, 0.1) is 12.9 Å². The van der Waals surface area contributed by atoms with Gasteiger partial charge >= 0.3 is 0 Å². The largest absolute Gasteiger partial charge is 0.497 e.